The van der Waals surface area contributed by atoms with Crippen LogP contribution in [0.25, 0.3) is 0 Å². The number of ether oxygens (including phenoxy) is 2. The van der Waals surface area contributed by atoms with Crippen LogP contribution >= 0.6 is 11.8 Å². The predicted octanol–water partition coefficient (Wildman–Crippen LogP) is 4.85. The van der Waals surface area contributed by atoms with Gasteiger partial charge in [-0.25, -0.2) is 9.69 Å². The van der Waals surface area contributed by atoms with Gasteiger partial charge in [-0.15, -0.1) is 0 Å². The van der Waals surface area contributed by atoms with Crippen LogP contribution in [0.15, 0.2) is 59.6 Å². The van der Waals surface area contributed by atoms with E-state index in [0.717, 1.165) is 22.1 Å². The maximum atomic E-state index is 13.1. The Hall–Kier alpha value is -2.51. The SMILES string of the molecule is CO[C@H]1N(C(=O)OC(C)(C)C)c2ccccc2[C@@]12CN=C(N(C)c1ccccc1)S2. The van der Waals surface area contributed by atoms with E-state index in [1.54, 1.807) is 23.8 Å². The molecule has 7 heteroatoms. The predicted molar refractivity (Wildman–Crippen MR) is 122 cm³/mol. The number of carbonyl (C=O) groups excluding carboxylic acids is 1. The largest absolute Gasteiger partial charge is 0.443 e. The molecule has 0 bridgehead atoms. The smallest absolute Gasteiger partial charge is 0.417 e. The molecule has 158 valence electrons. The summed E-state index contributed by atoms with van der Waals surface area (Å²) in [6.45, 7) is 6.11. The molecule has 1 amide bonds. The molecule has 0 unspecified atom stereocenters. The molecule has 0 aromatic heterocycles. The first-order chi connectivity index (χ1) is 14.3. The summed E-state index contributed by atoms with van der Waals surface area (Å²) in [5.41, 5.74) is 2.31. The monoisotopic (exact) mass is 425 g/mol. The summed E-state index contributed by atoms with van der Waals surface area (Å²) < 4.78 is 11.1. The van der Waals surface area contributed by atoms with Crippen LogP contribution in [0, 0.1) is 0 Å². The van der Waals surface area contributed by atoms with Gasteiger partial charge in [0.05, 0.1) is 12.2 Å². The molecule has 2 aliphatic heterocycles. The number of carbonyl (C=O) groups is 1. The standard InChI is InChI=1S/C23H27N3O3S/c1-22(2,3)29-21(27)26-18-14-10-9-13-17(18)23(19(26)28-5)15-24-20(30-23)25(4)16-11-7-6-8-12-16/h6-14,19H,15H2,1-5H3/t19-,23+/m1/s1. The molecule has 0 N–H and O–H groups in total. The number of aliphatic imine (C=N–C) groups is 1. The first-order valence-electron chi connectivity index (χ1n) is 9.93. The normalized spacial score (nSPS) is 22.8. The summed E-state index contributed by atoms with van der Waals surface area (Å²) in [7, 11) is 3.64. The highest BCUT2D eigenvalue weighted by Gasteiger charge is 2.58. The Morgan fingerprint density at radius 3 is 2.50 bits per heavy atom. The number of thioether (sulfide) groups is 1. The van der Waals surface area contributed by atoms with E-state index in [-0.39, 0.29) is 0 Å². The van der Waals surface area contributed by atoms with Crippen LogP contribution in [0.2, 0.25) is 0 Å². The van der Waals surface area contributed by atoms with Crippen molar-refractivity contribution in [3.8, 4) is 0 Å². The zero-order valence-electron chi connectivity index (χ0n) is 18.0. The Bertz CT molecular complexity index is 973. The van der Waals surface area contributed by atoms with Crippen LogP contribution < -0.4 is 9.80 Å². The first-order valence-corrected chi connectivity index (χ1v) is 10.8. The van der Waals surface area contributed by atoms with Crippen LogP contribution in [-0.4, -0.2) is 43.8 Å². The molecule has 4 rings (SSSR count). The quantitative estimate of drug-likeness (QED) is 0.689. The molecule has 0 fully saturated rings. The van der Waals surface area contributed by atoms with Crippen molar-refractivity contribution in [2.75, 3.05) is 30.5 Å². The Kier molecular flexibility index (Phi) is 5.28. The van der Waals surface area contributed by atoms with Gasteiger partial charge in [0.1, 0.15) is 10.3 Å². The molecule has 2 atom stereocenters. The Balaban J connectivity index is 1.70. The second-order valence-corrected chi connectivity index (χ2v) is 9.74. The zero-order valence-corrected chi connectivity index (χ0v) is 18.8. The molecular weight excluding hydrogens is 398 g/mol. The minimum absolute atomic E-state index is 0.413. The molecule has 2 heterocycles. The van der Waals surface area contributed by atoms with E-state index in [9.17, 15) is 4.79 Å². The van der Waals surface area contributed by atoms with Crippen LogP contribution in [0.5, 0.6) is 0 Å². The number of hydrogen-bond donors (Lipinski definition) is 0. The minimum atomic E-state index is -0.599. The van der Waals surface area contributed by atoms with Crippen molar-refractivity contribution in [1.82, 2.24) is 0 Å². The Morgan fingerprint density at radius 1 is 1.17 bits per heavy atom. The summed E-state index contributed by atoms with van der Waals surface area (Å²) in [6, 6.07) is 18.0. The van der Waals surface area contributed by atoms with Crippen molar-refractivity contribution in [2.24, 2.45) is 4.99 Å². The van der Waals surface area contributed by atoms with Gasteiger partial charge in [0.2, 0.25) is 0 Å². The van der Waals surface area contributed by atoms with Gasteiger partial charge in [0.25, 0.3) is 0 Å². The van der Waals surface area contributed by atoms with E-state index in [4.69, 9.17) is 14.5 Å². The van der Waals surface area contributed by atoms with Crippen molar-refractivity contribution in [3.63, 3.8) is 0 Å². The van der Waals surface area contributed by atoms with Gasteiger partial charge >= 0.3 is 6.09 Å². The fraction of sp³-hybridized carbons (Fsp3) is 0.391. The van der Waals surface area contributed by atoms with Gasteiger partial charge in [-0.2, -0.15) is 0 Å². The van der Waals surface area contributed by atoms with Gasteiger partial charge in [-0.3, -0.25) is 4.99 Å². The van der Waals surface area contributed by atoms with E-state index in [1.165, 1.54) is 0 Å². The van der Waals surface area contributed by atoms with Crippen molar-refractivity contribution in [2.45, 2.75) is 37.3 Å². The fourth-order valence-corrected chi connectivity index (χ4v) is 5.34. The number of hydrogen-bond acceptors (Lipinski definition) is 6. The summed E-state index contributed by atoms with van der Waals surface area (Å²) >= 11 is 1.64. The van der Waals surface area contributed by atoms with Crippen molar-refractivity contribution < 1.29 is 14.3 Å². The van der Waals surface area contributed by atoms with Crippen LogP contribution in [0.1, 0.15) is 26.3 Å². The lowest BCUT2D eigenvalue weighted by Gasteiger charge is -2.34. The molecule has 2 aromatic carbocycles. The number of methoxy groups -OCH3 is 1. The second-order valence-electron chi connectivity index (χ2n) is 8.44. The van der Waals surface area contributed by atoms with Crippen molar-refractivity contribution in [3.05, 3.63) is 60.2 Å². The lowest BCUT2D eigenvalue weighted by atomic mass is 9.99. The summed E-state index contributed by atoms with van der Waals surface area (Å²) in [5.74, 6) is 0. The molecule has 0 radical (unpaired) electrons. The molecule has 0 aliphatic carbocycles. The fourth-order valence-electron chi connectivity index (χ4n) is 3.93. The van der Waals surface area contributed by atoms with Gasteiger partial charge in [0, 0.05) is 19.8 Å². The number of nitrogens with zero attached hydrogens (tertiary/aromatic N) is 3. The third kappa shape index (κ3) is 3.46. The average Bonchev–Trinajstić information content (AvgIpc) is 3.27. The number of benzene rings is 2. The number of rotatable bonds is 2. The third-order valence-corrected chi connectivity index (χ3v) is 6.72. The topological polar surface area (TPSA) is 54.4 Å². The van der Waals surface area contributed by atoms with Crippen molar-refractivity contribution in [1.29, 1.82) is 0 Å². The molecule has 2 aliphatic rings. The number of para-hydroxylation sites is 2. The van der Waals surface area contributed by atoms with E-state index < -0.39 is 22.7 Å². The average molecular weight is 426 g/mol. The molecule has 1 spiro atoms. The van der Waals surface area contributed by atoms with Crippen LogP contribution in [0.4, 0.5) is 16.2 Å². The first kappa shape index (κ1) is 20.8. The van der Waals surface area contributed by atoms with Gasteiger partial charge in [0.15, 0.2) is 11.4 Å². The summed E-state index contributed by atoms with van der Waals surface area (Å²) in [5, 5.41) is 0.893. The van der Waals surface area contributed by atoms with E-state index in [2.05, 4.69) is 23.1 Å². The molecule has 6 nitrogen and oxygen atoms in total. The highest BCUT2D eigenvalue weighted by Crippen LogP contribution is 2.56. The highest BCUT2D eigenvalue weighted by atomic mass is 32.2. The number of anilines is 2. The maximum absolute atomic E-state index is 13.1. The minimum Gasteiger partial charge on any atom is -0.443 e. The maximum Gasteiger partial charge on any atom is 0.417 e. The van der Waals surface area contributed by atoms with E-state index >= 15 is 0 Å². The lowest BCUT2D eigenvalue weighted by Crippen LogP contribution is -2.49. The molecule has 30 heavy (non-hydrogen) atoms. The Labute approximate surface area is 181 Å². The van der Waals surface area contributed by atoms with Gasteiger partial charge in [-0.05, 0) is 44.5 Å². The third-order valence-electron chi connectivity index (χ3n) is 5.22. The number of amides is 1. The van der Waals surface area contributed by atoms with E-state index in [1.807, 2.05) is 64.2 Å². The number of fused-ring (bicyclic) bond motifs is 2. The molecule has 0 saturated heterocycles. The molecular formula is C23H27N3O3S. The molecule has 0 saturated carbocycles. The van der Waals surface area contributed by atoms with Crippen LogP contribution in [0.3, 0.4) is 0 Å². The lowest BCUT2D eigenvalue weighted by molar-refractivity contribution is 0.0337. The van der Waals surface area contributed by atoms with Gasteiger partial charge < -0.3 is 14.4 Å². The van der Waals surface area contributed by atoms with Gasteiger partial charge in [-0.1, -0.05) is 48.2 Å². The summed E-state index contributed by atoms with van der Waals surface area (Å²) in [6.07, 6.45) is -0.940. The second kappa shape index (κ2) is 7.63. The van der Waals surface area contributed by atoms with Crippen molar-refractivity contribution >= 4 is 34.4 Å². The van der Waals surface area contributed by atoms with E-state index in [0.29, 0.717) is 6.54 Å². The molecule has 2 aromatic rings. The number of amidine groups is 1. The van der Waals surface area contributed by atoms with Crippen LogP contribution in [-0.2, 0) is 14.2 Å². The summed E-state index contributed by atoms with van der Waals surface area (Å²) in [4.78, 5) is 21.7. The highest BCUT2D eigenvalue weighted by molar-refractivity contribution is 8.15. The zero-order chi connectivity index (χ0) is 21.5. The Morgan fingerprint density at radius 2 is 1.83 bits per heavy atom.